The van der Waals surface area contributed by atoms with E-state index in [1.165, 1.54) is 6.07 Å². The highest BCUT2D eigenvalue weighted by atomic mass is 19.1. The summed E-state index contributed by atoms with van der Waals surface area (Å²) in [6.45, 7) is 2.34. The van der Waals surface area contributed by atoms with Crippen LogP contribution in [0, 0.1) is 17.0 Å². The first kappa shape index (κ1) is 11.4. The maximum absolute atomic E-state index is 13.7. The molecule has 0 bridgehead atoms. The average molecular weight is 254 g/mol. The lowest BCUT2D eigenvalue weighted by Gasteiger charge is -2.25. The van der Waals surface area contributed by atoms with Gasteiger partial charge >= 0.3 is 0 Å². The van der Waals surface area contributed by atoms with Gasteiger partial charge in [0.15, 0.2) is 5.82 Å². The molecule has 96 valence electrons. The van der Waals surface area contributed by atoms with Crippen LogP contribution < -0.4 is 10.6 Å². The zero-order chi connectivity index (χ0) is 12.9. The van der Waals surface area contributed by atoms with Crippen LogP contribution in [-0.4, -0.2) is 25.2 Å². The molecule has 6 heteroatoms. The first-order valence-corrected chi connectivity index (χ1v) is 5.65. The standard InChI is InChI=1S/C12H12F2N2O2/c1-12-5-18-4-9(12)15-8-3-6(13)2-7(14)10(8)16-11(12)17/h2-3,9,15H,4-5H2,1H3,(H,16,17). The fourth-order valence-electron chi connectivity index (χ4n) is 2.36. The van der Waals surface area contributed by atoms with Gasteiger partial charge in [0.25, 0.3) is 0 Å². The highest BCUT2D eigenvalue weighted by molar-refractivity contribution is 6.00. The Hall–Kier alpha value is -1.69. The van der Waals surface area contributed by atoms with Gasteiger partial charge < -0.3 is 15.4 Å². The first-order chi connectivity index (χ1) is 8.50. The number of hydrogen-bond donors (Lipinski definition) is 2. The van der Waals surface area contributed by atoms with Crippen LogP contribution in [0.2, 0.25) is 0 Å². The van der Waals surface area contributed by atoms with Gasteiger partial charge in [0.05, 0.1) is 30.4 Å². The van der Waals surface area contributed by atoms with Gasteiger partial charge in [-0.25, -0.2) is 8.78 Å². The van der Waals surface area contributed by atoms with Crippen LogP contribution in [0.3, 0.4) is 0 Å². The molecule has 0 aliphatic carbocycles. The molecular weight excluding hydrogens is 242 g/mol. The van der Waals surface area contributed by atoms with Crippen LogP contribution in [0.4, 0.5) is 20.2 Å². The molecule has 2 atom stereocenters. The number of rotatable bonds is 0. The summed E-state index contributed by atoms with van der Waals surface area (Å²) in [5, 5.41) is 5.49. The number of hydrogen-bond acceptors (Lipinski definition) is 3. The number of benzene rings is 1. The summed E-state index contributed by atoms with van der Waals surface area (Å²) >= 11 is 0. The number of anilines is 2. The van der Waals surface area contributed by atoms with Crippen molar-refractivity contribution in [2.24, 2.45) is 5.41 Å². The summed E-state index contributed by atoms with van der Waals surface area (Å²) in [5.41, 5.74) is -0.529. The fourth-order valence-corrected chi connectivity index (χ4v) is 2.36. The number of carbonyl (C=O) groups is 1. The van der Waals surface area contributed by atoms with Gasteiger partial charge in [-0.2, -0.15) is 0 Å². The molecule has 1 saturated heterocycles. The number of nitrogens with one attached hydrogen (secondary N) is 2. The molecule has 1 fully saturated rings. The molecule has 3 rings (SSSR count). The van der Waals surface area contributed by atoms with Gasteiger partial charge in [0.1, 0.15) is 11.5 Å². The molecule has 1 amide bonds. The Morgan fingerprint density at radius 2 is 2.22 bits per heavy atom. The molecule has 2 aliphatic rings. The summed E-state index contributed by atoms with van der Waals surface area (Å²) in [5.74, 6) is -1.78. The lowest BCUT2D eigenvalue weighted by atomic mass is 9.84. The van der Waals surface area contributed by atoms with Gasteiger partial charge in [-0.1, -0.05) is 0 Å². The topological polar surface area (TPSA) is 50.4 Å². The monoisotopic (exact) mass is 254 g/mol. The molecule has 0 aromatic heterocycles. The Bertz CT molecular complexity index is 535. The lowest BCUT2D eigenvalue weighted by Crippen LogP contribution is -2.44. The van der Waals surface area contributed by atoms with Crippen LogP contribution >= 0.6 is 0 Å². The van der Waals surface area contributed by atoms with E-state index in [0.717, 1.165) is 6.07 Å². The summed E-state index contributed by atoms with van der Waals surface area (Å²) in [6.07, 6.45) is 0. The second kappa shape index (κ2) is 3.65. The molecule has 2 aliphatic heterocycles. The van der Waals surface area contributed by atoms with Crippen molar-refractivity contribution >= 4 is 17.3 Å². The largest absolute Gasteiger partial charge is 0.378 e. The number of amides is 1. The van der Waals surface area contributed by atoms with Crippen molar-refractivity contribution in [2.45, 2.75) is 13.0 Å². The van der Waals surface area contributed by atoms with Crippen molar-refractivity contribution in [3.8, 4) is 0 Å². The minimum absolute atomic E-state index is 0.00275. The second-order valence-corrected chi connectivity index (χ2v) is 4.89. The van der Waals surface area contributed by atoms with Gasteiger partial charge in [-0.15, -0.1) is 0 Å². The summed E-state index contributed by atoms with van der Waals surface area (Å²) in [4.78, 5) is 12.1. The molecule has 0 radical (unpaired) electrons. The Labute approximate surface area is 102 Å². The molecule has 1 aromatic rings. The second-order valence-electron chi connectivity index (χ2n) is 4.89. The smallest absolute Gasteiger partial charge is 0.234 e. The zero-order valence-corrected chi connectivity index (χ0v) is 9.72. The van der Waals surface area contributed by atoms with Crippen molar-refractivity contribution in [3.63, 3.8) is 0 Å². The Morgan fingerprint density at radius 1 is 1.44 bits per heavy atom. The maximum atomic E-state index is 13.7. The number of ether oxygens (including phenoxy) is 1. The highest BCUT2D eigenvalue weighted by Crippen LogP contribution is 2.39. The maximum Gasteiger partial charge on any atom is 0.234 e. The first-order valence-electron chi connectivity index (χ1n) is 5.65. The quantitative estimate of drug-likeness (QED) is 0.741. The third-order valence-corrected chi connectivity index (χ3v) is 3.60. The van der Waals surface area contributed by atoms with E-state index in [-0.39, 0.29) is 29.9 Å². The third kappa shape index (κ3) is 1.49. The van der Waals surface area contributed by atoms with Crippen LogP contribution in [0.25, 0.3) is 0 Å². The summed E-state index contributed by atoms with van der Waals surface area (Å²) in [7, 11) is 0. The van der Waals surface area contributed by atoms with E-state index in [4.69, 9.17) is 4.74 Å². The van der Waals surface area contributed by atoms with E-state index in [1.54, 1.807) is 6.92 Å². The summed E-state index contributed by atoms with van der Waals surface area (Å²) in [6, 6.07) is 1.63. The molecule has 4 nitrogen and oxygen atoms in total. The molecular formula is C12H12F2N2O2. The van der Waals surface area contributed by atoms with Crippen molar-refractivity contribution < 1.29 is 18.3 Å². The molecule has 2 N–H and O–H groups in total. The van der Waals surface area contributed by atoms with Gasteiger partial charge in [0.2, 0.25) is 5.91 Å². The minimum Gasteiger partial charge on any atom is -0.378 e. The molecule has 1 aromatic carbocycles. The molecule has 18 heavy (non-hydrogen) atoms. The summed E-state index contributed by atoms with van der Waals surface area (Å²) < 4.78 is 32.1. The number of carbonyl (C=O) groups excluding carboxylic acids is 1. The van der Waals surface area contributed by atoms with E-state index in [2.05, 4.69) is 10.6 Å². The van der Waals surface area contributed by atoms with Crippen molar-refractivity contribution in [2.75, 3.05) is 23.8 Å². The normalized spacial score (nSPS) is 29.9. The molecule has 0 spiro atoms. The Balaban J connectivity index is 2.11. The lowest BCUT2D eigenvalue weighted by molar-refractivity contribution is -0.124. The van der Waals surface area contributed by atoms with Gasteiger partial charge in [-0.3, -0.25) is 4.79 Å². The average Bonchev–Trinajstić information content (AvgIpc) is 2.62. The van der Waals surface area contributed by atoms with Crippen molar-refractivity contribution in [1.29, 1.82) is 0 Å². The zero-order valence-electron chi connectivity index (χ0n) is 9.72. The molecule has 2 heterocycles. The number of fused-ring (bicyclic) bond motifs is 2. The Morgan fingerprint density at radius 3 is 3.00 bits per heavy atom. The van der Waals surface area contributed by atoms with E-state index >= 15 is 0 Å². The predicted molar refractivity (Wildman–Crippen MR) is 61.3 cm³/mol. The van der Waals surface area contributed by atoms with Gasteiger partial charge in [0, 0.05) is 6.07 Å². The highest BCUT2D eigenvalue weighted by Gasteiger charge is 2.48. The van der Waals surface area contributed by atoms with E-state index in [9.17, 15) is 13.6 Å². The fraction of sp³-hybridized carbons (Fsp3) is 0.417. The van der Waals surface area contributed by atoms with E-state index < -0.39 is 17.0 Å². The Kier molecular flexibility index (Phi) is 2.31. The van der Waals surface area contributed by atoms with Crippen molar-refractivity contribution in [1.82, 2.24) is 0 Å². The van der Waals surface area contributed by atoms with Crippen LogP contribution in [0.5, 0.6) is 0 Å². The van der Waals surface area contributed by atoms with Gasteiger partial charge in [-0.05, 0) is 13.0 Å². The SMILES string of the molecule is CC12COCC1Nc1cc(F)cc(F)c1NC2=O. The third-order valence-electron chi connectivity index (χ3n) is 3.60. The van der Waals surface area contributed by atoms with Crippen LogP contribution in [0.1, 0.15) is 6.92 Å². The van der Waals surface area contributed by atoms with Crippen LogP contribution in [-0.2, 0) is 9.53 Å². The number of halogens is 2. The van der Waals surface area contributed by atoms with E-state index in [0.29, 0.717) is 6.61 Å². The van der Waals surface area contributed by atoms with Crippen molar-refractivity contribution in [3.05, 3.63) is 23.8 Å². The van der Waals surface area contributed by atoms with Crippen LogP contribution in [0.15, 0.2) is 12.1 Å². The molecule has 2 unspecified atom stereocenters. The van der Waals surface area contributed by atoms with E-state index in [1.807, 2.05) is 0 Å². The molecule has 0 saturated carbocycles. The minimum atomic E-state index is -0.782. The predicted octanol–water partition coefficient (Wildman–Crippen LogP) is 1.73.